The number of amides is 1. The molecule has 4 nitrogen and oxygen atoms in total. The van der Waals surface area contributed by atoms with E-state index in [1.807, 2.05) is 24.4 Å². The summed E-state index contributed by atoms with van der Waals surface area (Å²) in [5, 5.41) is 8.61. The topological polar surface area (TPSA) is 49.0 Å². The molecule has 0 aliphatic heterocycles. The number of likely N-dealkylation sites (N-methyl/N-ethyl adjacent to an activating group) is 1. The molecule has 0 fully saturated rings. The number of aryl methyl sites for hydroxylation is 1. The Balaban J connectivity index is 1.95. The van der Waals surface area contributed by atoms with Crippen LogP contribution in [0.4, 0.5) is 0 Å². The van der Waals surface area contributed by atoms with Gasteiger partial charge in [-0.25, -0.2) is 0 Å². The van der Waals surface area contributed by atoms with Gasteiger partial charge in [0.05, 0.1) is 6.20 Å². The molecule has 2 rings (SSSR count). The zero-order valence-corrected chi connectivity index (χ0v) is 11.2. The van der Waals surface area contributed by atoms with Crippen molar-refractivity contribution in [3.05, 3.63) is 45.9 Å². The molecule has 2 heterocycles. The van der Waals surface area contributed by atoms with Crippen molar-refractivity contribution in [3.63, 3.8) is 0 Å². The Morgan fingerprint density at radius 3 is 3.06 bits per heavy atom. The number of hydrogen-bond donors (Lipinski definition) is 1. The van der Waals surface area contributed by atoms with E-state index in [9.17, 15) is 4.79 Å². The average molecular weight is 261 g/mol. The van der Waals surface area contributed by atoms with Crippen LogP contribution in [0.1, 0.15) is 16.0 Å². The first-order valence-electron chi connectivity index (χ1n) is 5.62. The Hall–Kier alpha value is -1.88. The maximum atomic E-state index is 11.9. The van der Waals surface area contributed by atoms with Crippen molar-refractivity contribution in [2.75, 3.05) is 7.05 Å². The van der Waals surface area contributed by atoms with Crippen molar-refractivity contribution in [3.8, 4) is 0 Å². The largest absolute Gasteiger partial charge is 0.338 e. The highest BCUT2D eigenvalue weighted by Gasteiger charge is 2.06. The highest BCUT2D eigenvalue weighted by atomic mass is 32.1. The standard InChI is InChI=1S/C13H15N3OS/c1-10-5-6-18-12(10)3-4-13(17)16(2)9-11-7-14-15-8-11/h3-8H,9H2,1-2H3,(H,14,15). The maximum Gasteiger partial charge on any atom is 0.246 e. The molecule has 0 unspecified atom stereocenters. The lowest BCUT2D eigenvalue weighted by Gasteiger charge is -2.13. The molecule has 1 N–H and O–H groups in total. The van der Waals surface area contributed by atoms with Crippen LogP contribution >= 0.6 is 11.3 Å². The lowest BCUT2D eigenvalue weighted by atomic mass is 10.2. The minimum atomic E-state index is -0.0102. The lowest BCUT2D eigenvalue weighted by Crippen LogP contribution is -2.23. The zero-order chi connectivity index (χ0) is 13.0. The third-order valence-electron chi connectivity index (χ3n) is 2.63. The smallest absolute Gasteiger partial charge is 0.246 e. The van der Waals surface area contributed by atoms with Crippen molar-refractivity contribution in [2.24, 2.45) is 0 Å². The zero-order valence-electron chi connectivity index (χ0n) is 10.4. The summed E-state index contributed by atoms with van der Waals surface area (Å²) in [6.45, 7) is 2.60. The SMILES string of the molecule is Cc1ccsc1C=CC(=O)N(C)Cc1cn[nH]c1. The Morgan fingerprint density at radius 1 is 1.61 bits per heavy atom. The number of nitrogens with one attached hydrogen (secondary N) is 1. The summed E-state index contributed by atoms with van der Waals surface area (Å²) in [4.78, 5) is 14.7. The molecule has 2 aromatic rings. The van der Waals surface area contributed by atoms with Crippen LogP contribution in [0, 0.1) is 6.92 Å². The van der Waals surface area contributed by atoms with Crippen LogP contribution in [0.5, 0.6) is 0 Å². The maximum absolute atomic E-state index is 11.9. The fourth-order valence-corrected chi connectivity index (χ4v) is 2.36. The van der Waals surface area contributed by atoms with Gasteiger partial charge in [-0.3, -0.25) is 9.89 Å². The minimum absolute atomic E-state index is 0.0102. The van der Waals surface area contributed by atoms with Gasteiger partial charge >= 0.3 is 0 Å². The van der Waals surface area contributed by atoms with Gasteiger partial charge < -0.3 is 4.90 Å². The molecular weight excluding hydrogens is 246 g/mol. The van der Waals surface area contributed by atoms with Gasteiger partial charge in [-0.1, -0.05) is 0 Å². The molecule has 0 saturated carbocycles. The number of rotatable bonds is 4. The first kappa shape index (κ1) is 12.6. The van der Waals surface area contributed by atoms with Crippen LogP contribution in [0.3, 0.4) is 0 Å². The Morgan fingerprint density at radius 2 is 2.44 bits per heavy atom. The minimum Gasteiger partial charge on any atom is -0.338 e. The fraction of sp³-hybridized carbons (Fsp3) is 0.231. The van der Waals surface area contributed by atoms with Gasteiger partial charge in [0.15, 0.2) is 0 Å². The summed E-state index contributed by atoms with van der Waals surface area (Å²) < 4.78 is 0. The number of thiophene rings is 1. The van der Waals surface area contributed by atoms with Gasteiger partial charge in [0, 0.05) is 36.3 Å². The van der Waals surface area contributed by atoms with E-state index in [0.717, 1.165) is 10.4 Å². The van der Waals surface area contributed by atoms with Gasteiger partial charge in [0.1, 0.15) is 0 Å². The second-order valence-corrected chi connectivity index (χ2v) is 5.05. The summed E-state index contributed by atoms with van der Waals surface area (Å²) in [6, 6.07) is 2.05. The van der Waals surface area contributed by atoms with Crippen molar-refractivity contribution in [1.29, 1.82) is 0 Å². The van der Waals surface area contributed by atoms with Gasteiger partial charge in [-0.15, -0.1) is 11.3 Å². The number of hydrogen-bond acceptors (Lipinski definition) is 3. The molecule has 0 radical (unpaired) electrons. The summed E-state index contributed by atoms with van der Waals surface area (Å²) in [7, 11) is 1.78. The van der Waals surface area contributed by atoms with Gasteiger partial charge in [-0.05, 0) is 30.0 Å². The number of nitrogens with zero attached hydrogens (tertiary/aromatic N) is 2. The van der Waals surface area contributed by atoms with Crippen molar-refractivity contribution < 1.29 is 4.79 Å². The summed E-state index contributed by atoms with van der Waals surface area (Å²) >= 11 is 1.64. The van der Waals surface area contributed by atoms with E-state index in [4.69, 9.17) is 0 Å². The second-order valence-electron chi connectivity index (χ2n) is 4.10. The molecule has 18 heavy (non-hydrogen) atoms. The predicted molar refractivity (Wildman–Crippen MR) is 73.2 cm³/mol. The molecule has 0 atom stereocenters. The van der Waals surface area contributed by atoms with Gasteiger partial charge in [0.2, 0.25) is 5.91 Å². The van der Waals surface area contributed by atoms with E-state index < -0.39 is 0 Å². The molecule has 0 aliphatic rings. The van der Waals surface area contributed by atoms with Crippen LogP contribution in [-0.4, -0.2) is 28.1 Å². The fourth-order valence-electron chi connectivity index (χ4n) is 1.55. The Labute approximate surface area is 110 Å². The van der Waals surface area contributed by atoms with E-state index in [1.54, 1.807) is 41.8 Å². The molecule has 0 spiro atoms. The molecule has 1 amide bonds. The molecule has 94 valence electrons. The highest BCUT2D eigenvalue weighted by molar-refractivity contribution is 7.11. The quantitative estimate of drug-likeness (QED) is 0.859. The van der Waals surface area contributed by atoms with Crippen LogP contribution < -0.4 is 0 Å². The van der Waals surface area contributed by atoms with E-state index in [1.165, 1.54) is 5.56 Å². The number of aromatic nitrogens is 2. The average Bonchev–Trinajstić information content (AvgIpc) is 2.98. The number of carbonyl (C=O) groups is 1. The Kier molecular flexibility index (Phi) is 3.94. The van der Waals surface area contributed by atoms with E-state index >= 15 is 0 Å². The van der Waals surface area contributed by atoms with Crippen LogP contribution in [0.2, 0.25) is 0 Å². The molecule has 0 aliphatic carbocycles. The Bertz CT molecular complexity index is 542. The molecule has 0 bridgehead atoms. The third-order valence-corrected chi connectivity index (χ3v) is 3.61. The monoisotopic (exact) mass is 261 g/mol. The van der Waals surface area contributed by atoms with E-state index in [0.29, 0.717) is 6.54 Å². The van der Waals surface area contributed by atoms with E-state index in [2.05, 4.69) is 10.2 Å². The molecule has 5 heteroatoms. The summed E-state index contributed by atoms with van der Waals surface area (Å²) in [6.07, 6.45) is 6.99. The second kappa shape index (κ2) is 5.64. The van der Waals surface area contributed by atoms with Crippen molar-refractivity contribution >= 4 is 23.3 Å². The van der Waals surface area contributed by atoms with Crippen LogP contribution in [0.15, 0.2) is 29.9 Å². The molecule has 0 aromatic carbocycles. The van der Waals surface area contributed by atoms with Crippen molar-refractivity contribution in [2.45, 2.75) is 13.5 Å². The molecule has 0 saturated heterocycles. The lowest BCUT2D eigenvalue weighted by molar-refractivity contribution is -0.125. The first-order chi connectivity index (χ1) is 8.66. The number of aromatic amines is 1. The summed E-state index contributed by atoms with van der Waals surface area (Å²) in [5.74, 6) is -0.0102. The number of carbonyl (C=O) groups excluding carboxylic acids is 1. The normalized spacial score (nSPS) is 11.0. The molecular formula is C13H15N3OS. The summed E-state index contributed by atoms with van der Waals surface area (Å²) in [5.41, 5.74) is 2.19. The van der Waals surface area contributed by atoms with Crippen LogP contribution in [-0.2, 0) is 11.3 Å². The van der Waals surface area contributed by atoms with Gasteiger partial charge in [0.25, 0.3) is 0 Å². The predicted octanol–water partition coefficient (Wildman–Crippen LogP) is 2.45. The van der Waals surface area contributed by atoms with Crippen molar-refractivity contribution in [1.82, 2.24) is 15.1 Å². The number of H-pyrrole nitrogens is 1. The van der Waals surface area contributed by atoms with E-state index in [-0.39, 0.29) is 5.91 Å². The highest BCUT2D eigenvalue weighted by Crippen LogP contribution is 2.17. The van der Waals surface area contributed by atoms with Crippen LogP contribution in [0.25, 0.3) is 6.08 Å². The molecule has 2 aromatic heterocycles. The third kappa shape index (κ3) is 3.07. The first-order valence-corrected chi connectivity index (χ1v) is 6.49. The van der Waals surface area contributed by atoms with Gasteiger partial charge in [-0.2, -0.15) is 5.10 Å².